The number of rotatable bonds is 4. The van der Waals surface area contributed by atoms with Crippen LogP contribution in [-0.4, -0.2) is 19.2 Å². The standard InChI is InChI=1S/C11H10BrN3O3S2/c1-6(16)10-5-19-11(14-10)15-20(17,18)7-2-3-8(12)9(13)4-7/h2-5H,13H2,1H3,(H,14,15). The zero-order chi connectivity index (χ0) is 14.9. The normalized spacial score (nSPS) is 11.3. The van der Waals surface area contributed by atoms with Crippen molar-refractivity contribution in [3.8, 4) is 0 Å². The van der Waals surface area contributed by atoms with Gasteiger partial charge in [0, 0.05) is 22.5 Å². The van der Waals surface area contributed by atoms with Crippen LogP contribution in [-0.2, 0) is 10.0 Å². The number of anilines is 2. The first-order chi connectivity index (χ1) is 9.29. The van der Waals surface area contributed by atoms with E-state index in [2.05, 4.69) is 25.6 Å². The van der Waals surface area contributed by atoms with E-state index in [9.17, 15) is 13.2 Å². The lowest BCUT2D eigenvalue weighted by molar-refractivity contribution is 0.101. The Morgan fingerprint density at radius 1 is 1.45 bits per heavy atom. The summed E-state index contributed by atoms with van der Waals surface area (Å²) in [6.07, 6.45) is 0. The summed E-state index contributed by atoms with van der Waals surface area (Å²) in [6, 6.07) is 4.31. The van der Waals surface area contributed by atoms with Crippen molar-refractivity contribution >= 4 is 53.9 Å². The Labute approximate surface area is 128 Å². The molecule has 0 bridgehead atoms. The van der Waals surface area contributed by atoms with Crippen LogP contribution in [0.5, 0.6) is 0 Å². The van der Waals surface area contributed by atoms with Gasteiger partial charge in [-0.3, -0.25) is 9.52 Å². The Bertz CT molecular complexity index is 771. The molecule has 0 fully saturated rings. The predicted octanol–water partition coefficient (Wildman–Crippen LogP) is 2.49. The number of carbonyl (C=O) groups excluding carboxylic acids is 1. The van der Waals surface area contributed by atoms with Gasteiger partial charge >= 0.3 is 0 Å². The van der Waals surface area contributed by atoms with Crippen LogP contribution in [0.1, 0.15) is 17.4 Å². The number of carbonyl (C=O) groups is 1. The van der Waals surface area contributed by atoms with Gasteiger partial charge in [-0.1, -0.05) is 0 Å². The largest absolute Gasteiger partial charge is 0.398 e. The zero-order valence-corrected chi connectivity index (χ0v) is 13.5. The molecule has 0 amide bonds. The maximum Gasteiger partial charge on any atom is 0.263 e. The Balaban J connectivity index is 2.30. The first-order valence-electron chi connectivity index (χ1n) is 5.34. The molecule has 20 heavy (non-hydrogen) atoms. The highest BCUT2D eigenvalue weighted by atomic mass is 79.9. The fourth-order valence-corrected chi connectivity index (χ4v) is 3.63. The lowest BCUT2D eigenvalue weighted by Crippen LogP contribution is -2.13. The van der Waals surface area contributed by atoms with E-state index in [1.54, 1.807) is 6.07 Å². The third-order valence-corrected chi connectivity index (χ3v) is 5.31. The molecule has 1 aromatic heterocycles. The van der Waals surface area contributed by atoms with E-state index in [4.69, 9.17) is 5.73 Å². The number of aromatic nitrogens is 1. The van der Waals surface area contributed by atoms with Gasteiger partial charge in [-0.25, -0.2) is 13.4 Å². The Morgan fingerprint density at radius 3 is 2.70 bits per heavy atom. The second kappa shape index (κ2) is 5.51. The minimum atomic E-state index is -3.78. The number of benzene rings is 1. The smallest absolute Gasteiger partial charge is 0.263 e. The summed E-state index contributed by atoms with van der Waals surface area (Å²) in [5.41, 5.74) is 6.20. The summed E-state index contributed by atoms with van der Waals surface area (Å²) in [5.74, 6) is -0.223. The molecule has 0 aliphatic heterocycles. The molecule has 1 heterocycles. The Hall–Kier alpha value is -1.45. The molecule has 0 atom stereocenters. The van der Waals surface area contributed by atoms with E-state index >= 15 is 0 Å². The van der Waals surface area contributed by atoms with Crippen LogP contribution >= 0.6 is 27.3 Å². The first-order valence-corrected chi connectivity index (χ1v) is 8.49. The minimum Gasteiger partial charge on any atom is -0.398 e. The first kappa shape index (κ1) is 14.9. The van der Waals surface area contributed by atoms with Crippen molar-refractivity contribution in [3.05, 3.63) is 33.7 Å². The number of halogens is 1. The van der Waals surface area contributed by atoms with Gasteiger partial charge in [0.2, 0.25) is 0 Å². The molecule has 0 saturated heterocycles. The topological polar surface area (TPSA) is 102 Å². The molecule has 6 nitrogen and oxygen atoms in total. The monoisotopic (exact) mass is 375 g/mol. The summed E-state index contributed by atoms with van der Waals surface area (Å²) in [5, 5.41) is 1.63. The number of hydrogen-bond acceptors (Lipinski definition) is 6. The summed E-state index contributed by atoms with van der Waals surface area (Å²) in [4.78, 5) is 15.0. The van der Waals surface area contributed by atoms with Crippen LogP contribution in [0.3, 0.4) is 0 Å². The third kappa shape index (κ3) is 3.17. The summed E-state index contributed by atoms with van der Waals surface area (Å²) >= 11 is 4.24. The molecule has 2 rings (SSSR count). The molecule has 0 radical (unpaired) electrons. The summed E-state index contributed by atoms with van der Waals surface area (Å²) < 4.78 is 27.2. The number of ketones is 1. The predicted molar refractivity (Wildman–Crippen MR) is 81.5 cm³/mol. The minimum absolute atomic E-state index is 0.0257. The van der Waals surface area contributed by atoms with Gasteiger partial charge in [0.25, 0.3) is 10.0 Å². The second-order valence-electron chi connectivity index (χ2n) is 3.88. The van der Waals surface area contributed by atoms with E-state index in [-0.39, 0.29) is 21.5 Å². The molecule has 0 aliphatic rings. The van der Waals surface area contributed by atoms with Crippen molar-refractivity contribution in [2.75, 3.05) is 10.5 Å². The highest BCUT2D eigenvalue weighted by Crippen LogP contribution is 2.25. The molecule has 1 aromatic carbocycles. The average molecular weight is 376 g/mol. The van der Waals surface area contributed by atoms with Crippen LogP contribution in [0.2, 0.25) is 0 Å². The van der Waals surface area contributed by atoms with Gasteiger partial charge < -0.3 is 5.73 Å². The average Bonchev–Trinajstić information content (AvgIpc) is 2.80. The molecule has 0 spiro atoms. The van der Waals surface area contributed by atoms with Gasteiger partial charge in [0.05, 0.1) is 4.90 Å². The van der Waals surface area contributed by atoms with E-state index in [1.165, 1.54) is 24.4 Å². The molecular formula is C11H10BrN3O3S2. The second-order valence-corrected chi connectivity index (χ2v) is 7.28. The quantitative estimate of drug-likeness (QED) is 0.631. The molecule has 0 saturated carbocycles. The van der Waals surface area contributed by atoms with Crippen molar-refractivity contribution in [1.29, 1.82) is 0 Å². The van der Waals surface area contributed by atoms with E-state index in [0.29, 0.717) is 10.2 Å². The zero-order valence-electron chi connectivity index (χ0n) is 10.3. The summed E-state index contributed by atoms with van der Waals surface area (Å²) in [7, 11) is -3.78. The van der Waals surface area contributed by atoms with Gasteiger partial charge in [0.1, 0.15) is 5.69 Å². The van der Waals surface area contributed by atoms with Crippen molar-refractivity contribution in [3.63, 3.8) is 0 Å². The lowest BCUT2D eigenvalue weighted by atomic mass is 10.3. The fourth-order valence-electron chi connectivity index (χ4n) is 1.35. The van der Waals surface area contributed by atoms with E-state index in [0.717, 1.165) is 11.3 Å². The highest BCUT2D eigenvalue weighted by molar-refractivity contribution is 9.10. The number of Topliss-reactive ketones (excluding diaryl/α,β-unsaturated/α-hetero) is 1. The number of nitrogens with one attached hydrogen (secondary N) is 1. The highest BCUT2D eigenvalue weighted by Gasteiger charge is 2.17. The summed E-state index contributed by atoms with van der Waals surface area (Å²) in [6.45, 7) is 1.36. The van der Waals surface area contributed by atoms with Gasteiger partial charge in [-0.15, -0.1) is 11.3 Å². The van der Waals surface area contributed by atoms with Gasteiger partial charge in [-0.05, 0) is 34.1 Å². The molecule has 0 aliphatic carbocycles. The molecular weight excluding hydrogens is 366 g/mol. The molecule has 9 heteroatoms. The number of sulfonamides is 1. The SMILES string of the molecule is CC(=O)c1csc(NS(=O)(=O)c2ccc(Br)c(N)c2)n1. The van der Waals surface area contributed by atoms with Gasteiger partial charge in [0.15, 0.2) is 10.9 Å². The van der Waals surface area contributed by atoms with Gasteiger partial charge in [-0.2, -0.15) is 0 Å². The fraction of sp³-hybridized carbons (Fsp3) is 0.0909. The van der Waals surface area contributed by atoms with Crippen molar-refractivity contribution < 1.29 is 13.2 Å². The maximum atomic E-state index is 12.1. The molecule has 3 N–H and O–H groups in total. The Morgan fingerprint density at radius 2 is 2.15 bits per heavy atom. The van der Waals surface area contributed by atoms with Crippen LogP contribution in [0, 0.1) is 0 Å². The lowest BCUT2D eigenvalue weighted by Gasteiger charge is -2.06. The van der Waals surface area contributed by atoms with E-state index < -0.39 is 10.0 Å². The number of thiazole rings is 1. The third-order valence-electron chi connectivity index (χ3n) is 2.36. The van der Waals surface area contributed by atoms with Crippen molar-refractivity contribution in [2.24, 2.45) is 0 Å². The van der Waals surface area contributed by atoms with Crippen molar-refractivity contribution in [1.82, 2.24) is 4.98 Å². The van der Waals surface area contributed by atoms with Crippen LogP contribution < -0.4 is 10.5 Å². The number of nitrogen functional groups attached to an aromatic ring is 1. The number of nitrogens with zero attached hydrogens (tertiary/aromatic N) is 1. The maximum absolute atomic E-state index is 12.1. The number of hydrogen-bond donors (Lipinski definition) is 2. The Kier molecular flexibility index (Phi) is 4.11. The molecule has 2 aromatic rings. The molecule has 106 valence electrons. The van der Waals surface area contributed by atoms with Crippen LogP contribution in [0.25, 0.3) is 0 Å². The van der Waals surface area contributed by atoms with Crippen LogP contribution in [0.4, 0.5) is 10.8 Å². The van der Waals surface area contributed by atoms with Crippen molar-refractivity contribution in [2.45, 2.75) is 11.8 Å². The number of nitrogens with two attached hydrogens (primary N) is 1. The van der Waals surface area contributed by atoms with E-state index in [1.807, 2.05) is 0 Å². The van der Waals surface area contributed by atoms with Crippen LogP contribution in [0.15, 0.2) is 32.9 Å². The molecule has 0 unspecified atom stereocenters.